The molecule has 8 heteroatoms. The highest BCUT2D eigenvalue weighted by atomic mass is 16.5. The second-order valence-corrected chi connectivity index (χ2v) is 3.52. The van der Waals surface area contributed by atoms with Gasteiger partial charge < -0.3 is 20.5 Å². The maximum Gasteiger partial charge on any atom is 0.345 e. The number of hydrogen-bond acceptors (Lipinski definition) is 6. The monoisotopic (exact) mass is 242 g/mol. The molecule has 3 N–H and O–H groups in total. The van der Waals surface area contributed by atoms with E-state index < -0.39 is 18.5 Å². The van der Waals surface area contributed by atoms with Crippen LogP contribution in [0.4, 0.5) is 11.6 Å². The van der Waals surface area contributed by atoms with Crippen molar-refractivity contribution < 1.29 is 19.4 Å². The summed E-state index contributed by atoms with van der Waals surface area (Å²) < 4.78 is 5.63. The van der Waals surface area contributed by atoms with E-state index in [2.05, 4.69) is 9.84 Å². The maximum atomic E-state index is 11.5. The number of aliphatic carboxylic acids is 1. The van der Waals surface area contributed by atoms with Crippen LogP contribution in [0.3, 0.4) is 0 Å². The second-order valence-electron chi connectivity index (χ2n) is 3.52. The summed E-state index contributed by atoms with van der Waals surface area (Å²) in [6.07, 6.45) is 0. The number of ether oxygens (including phenoxy) is 1. The topological polar surface area (TPSA) is 111 Å². The Morgan fingerprint density at radius 2 is 2.12 bits per heavy atom. The summed E-state index contributed by atoms with van der Waals surface area (Å²) in [6.45, 7) is -0.413. The molecule has 0 bridgehead atoms. The summed E-state index contributed by atoms with van der Waals surface area (Å²) in [5.41, 5.74) is 5.74. The molecule has 0 unspecified atom stereocenters. The van der Waals surface area contributed by atoms with Crippen molar-refractivity contribution in [2.75, 3.05) is 31.8 Å². The van der Waals surface area contributed by atoms with Crippen LogP contribution in [-0.2, 0) is 16.1 Å². The molecule has 94 valence electrons. The third-order valence-electron chi connectivity index (χ3n) is 2.07. The van der Waals surface area contributed by atoms with Crippen LogP contribution in [0.5, 0.6) is 0 Å². The highest BCUT2D eigenvalue weighted by Gasteiger charge is 2.24. The Hall–Kier alpha value is -2.25. The van der Waals surface area contributed by atoms with E-state index in [1.807, 2.05) is 0 Å². The van der Waals surface area contributed by atoms with Crippen molar-refractivity contribution in [3.05, 3.63) is 5.56 Å². The van der Waals surface area contributed by atoms with Gasteiger partial charge in [0.05, 0.1) is 7.11 Å². The lowest BCUT2D eigenvalue weighted by Gasteiger charge is -2.09. The average molecular weight is 242 g/mol. The standard InChI is InChI=1S/C9H14N4O4/c1-12(2)8-6(9(16)17-3)7(10)13(11-8)4-5(14)15/h4,10H2,1-3H3,(H,14,15). The summed E-state index contributed by atoms with van der Waals surface area (Å²) in [5, 5.41) is 12.6. The molecule has 1 aromatic rings. The van der Waals surface area contributed by atoms with Crippen LogP contribution in [0, 0.1) is 0 Å². The molecule has 0 aliphatic rings. The molecule has 0 aromatic carbocycles. The zero-order valence-electron chi connectivity index (χ0n) is 9.80. The first-order chi connectivity index (χ1) is 7.88. The summed E-state index contributed by atoms with van der Waals surface area (Å²) in [4.78, 5) is 23.7. The van der Waals surface area contributed by atoms with Gasteiger partial charge in [-0.2, -0.15) is 5.10 Å². The van der Waals surface area contributed by atoms with Gasteiger partial charge in [-0.05, 0) is 0 Å². The zero-order chi connectivity index (χ0) is 13.2. The number of nitrogens with zero attached hydrogens (tertiary/aromatic N) is 3. The number of anilines is 2. The van der Waals surface area contributed by atoms with Gasteiger partial charge in [-0.15, -0.1) is 0 Å². The fraction of sp³-hybridized carbons (Fsp3) is 0.444. The number of nitrogens with two attached hydrogens (primary N) is 1. The van der Waals surface area contributed by atoms with E-state index in [0.29, 0.717) is 0 Å². The first-order valence-electron chi connectivity index (χ1n) is 4.72. The van der Waals surface area contributed by atoms with E-state index in [4.69, 9.17) is 10.8 Å². The predicted molar refractivity (Wildman–Crippen MR) is 59.9 cm³/mol. The Morgan fingerprint density at radius 3 is 2.53 bits per heavy atom. The number of nitrogen functional groups attached to an aromatic ring is 1. The minimum atomic E-state index is -1.10. The first-order valence-corrected chi connectivity index (χ1v) is 4.72. The van der Waals surface area contributed by atoms with Gasteiger partial charge >= 0.3 is 11.9 Å². The van der Waals surface area contributed by atoms with Gasteiger partial charge in [-0.3, -0.25) is 4.79 Å². The molecule has 1 aromatic heterocycles. The Labute approximate surface area is 97.6 Å². The fourth-order valence-corrected chi connectivity index (χ4v) is 1.32. The number of carboxylic acids is 1. The molecule has 17 heavy (non-hydrogen) atoms. The molecule has 0 saturated heterocycles. The van der Waals surface area contributed by atoms with E-state index in [0.717, 1.165) is 4.68 Å². The lowest BCUT2D eigenvalue weighted by Crippen LogP contribution is -2.14. The average Bonchev–Trinajstić information content (AvgIpc) is 2.55. The summed E-state index contributed by atoms with van der Waals surface area (Å²) in [5.74, 6) is -1.50. The maximum absolute atomic E-state index is 11.5. The van der Waals surface area contributed by atoms with Gasteiger partial charge in [0.25, 0.3) is 0 Å². The number of esters is 1. The minimum absolute atomic E-state index is 0.0250. The third-order valence-corrected chi connectivity index (χ3v) is 2.07. The molecule has 0 aliphatic carbocycles. The van der Waals surface area contributed by atoms with Crippen molar-refractivity contribution in [1.29, 1.82) is 0 Å². The normalized spacial score (nSPS) is 10.1. The van der Waals surface area contributed by atoms with Crippen LogP contribution in [0.25, 0.3) is 0 Å². The van der Waals surface area contributed by atoms with E-state index in [-0.39, 0.29) is 17.2 Å². The molecule has 0 spiro atoms. The molecule has 8 nitrogen and oxygen atoms in total. The van der Waals surface area contributed by atoms with Crippen LogP contribution in [0.1, 0.15) is 10.4 Å². The van der Waals surface area contributed by atoms with Crippen LogP contribution in [0.2, 0.25) is 0 Å². The fourth-order valence-electron chi connectivity index (χ4n) is 1.32. The Balaban J connectivity index is 3.30. The smallest absolute Gasteiger partial charge is 0.345 e. The van der Waals surface area contributed by atoms with Crippen molar-refractivity contribution in [3.8, 4) is 0 Å². The van der Waals surface area contributed by atoms with E-state index in [9.17, 15) is 9.59 Å². The van der Waals surface area contributed by atoms with Crippen LogP contribution < -0.4 is 10.6 Å². The summed E-state index contributed by atoms with van der Waals surface area (Å²) in [7, 11) is 4.55. The highest BCUT2D eigenvalue weighted by Crippen LogP contribution is 2.24. The van der Waals surface area contributed by atoms with E-state index in [1.165, 1.54) is 7.11 Å². The molecule has 0 aliphatic heterocycles. The van der Waals surface area contributed by atoms with Crippen molar-refractivity contribution in [1.82, 2.24) is 9.78 Å². The van der Waals surface area contributed by atoms with Gasteiger partial charge in [0.1, 0.15) is 17.9 Å². The summed E-state index contributed by atoms with van der Waals surface area (Å²) in [6, 6.07) is 0. The molecular formula is C9H14N4O4. The Morgan fingerprint density at radius 1 is 1.53 bits per heavy atom. The second kappa shape index (κ2) is 4.73. The van der Waals surface area contributed by atoms with Crippen LogP contribution in [0.15, 0.2) is 0 Å². The molecule has 0 fully saturated rings. The first kappa shape index (κ1) is 12.8. The minimum Gasteiger partial charge on any atom is -0.480 e. The SMILES string of the molecule is COC(=O)c1c(N(C)C)nn(CC(=O)O)c1N. The summed E-state index contributed by atoms with van der Waals surface area (Å²) >= 11 is 0. The predicted octanol–water partition coefficient (Wildman–Crippen LogP) is -0.597. The number of methoxy groups -OCH3 is 1. The van der Waals surface area contributed by atoms with Gasteiger partial charge in [-0.25, -0.2) is 9.48 Å². The molecule has 0 amide bonds. The van der Waals surface area contributed by atoms with Gasteiger partial charge in [0.15, 0.2) is 5.82 Å². The number of carboxylic acid groups (broad SMARTS) is 1. The van der Waals surface area contributed by atoms with Crippen molar-refractivity contribution in [2.45, 2.75) is 6.54 Å². The van der Waals surface area contributed by atoms with Crippen LogP contribution in [-0.4, -0.2) is 48.0 Å². The Bertz CT molecular complexity index is 452. The molecule has 0 radical (unpaired) electrons. The largest absolute Gasteiger partial charge is 0.480 e. The van der Waals surface area contributed by atoms with Crippen molar-refractivity contribution in [2.24, 2.45) is 0 Å². The zero-order valence-corrected chi connectivity index (χ0v) is 9.80. The number of hydrogen-bond donors (Lipinski definition) is 2. The van der Waals surface area contributed by atoms with Crippen molar-refractivity contribution in [3.63, 3.8) is 0 Å². The molecule has 1 rings (SSSR count). The van der Waals surface area contributed by atoms with Crippen LogP contribution >= 0.6 is 0 Å². The third kappa shape index (κ3) is 2.47. The highest BCUT2D eigenvalue weighted by molar-refractivity contribution is 5.99. The lowest BCUT2D eigenvalue weighted by atomic mass is 10.3. The quantitative estimate of drug-likeness (QED) is 0.678. The van der Waals surface area contributed by atoms with Gasteiger partial charge in [0.2, 0.25) is 0 Å². The van der Waals surface area contributed by atoms with E-state index in [1.54, 1.807) is 19.0 Å². The molecule has 0 saturated carbocycles. The molecule has 1 heterocycles. The Kier molecular flexibility index (Phi) is 3.56. The van der Waals surface area contributed by atoms with E-state index >= 15 is 0 Å². The number of carbonyl (C=O) groups is 2. The number of carbonyl (C=O) groups excluding carboxylic acids is 1. The number of aromatic nitrogens is 2. The van der Waals surface area contributed by atoms with Gasteiger partial charge in [0, 0.05) is 14.1 Å². The number of rotatable bonds is 4. The van der Waals surface area contributed by atoms with Gasteiger partial charge in [-0.1, -0.05) is 0 Å². The lowest BCUT2D eigenvalue weighted by molar-refractivity contribution is -0.137. The molecular weight excluding hydrogens is 228 g/mol. The van der Waals surface area contributed by atoms with Crippen molar-refractivity contribution >= 4 is 23.6 Å². The molecule has 0 atom stereocenters.